The molecule has 0 radical (unpaired) electrons. The summed E-state index contributed by atoms with van der Waals surface area (Å²) in [7, 11) is 0. The van der Waals surface area contributed by atoms with Gasteiger partial charge in [-0.2, -0.15) is 0 Å². The van der Waals surface area contributed by atoms with Crippen molar-refractivity contribution in [2.24, 2.45) is 0 Å². The highest BCUT2D eigenvalue weighted by Crippen LogP contribution is 2.05. The van der Waals surface area contributed by atoms with Crippen LogP contribution in [0.3, 0.4) is 0 Å². The number of hydrogen-bond donors (Lipinski definition) is 1. The van der Waals surface area contributed by atoms with E-state index >= 15 is 0 Å². The lowest BCUT2D eigenvalue weighted by Crippen LogP contribution is -2.16. The van der Waals surface area contributed by atoms with Crippen molar-refractivity contribution in [3.63, 3.8) is 0 Å². The van der Waals surface area contributed by atoms with Crippen LogP contribution in [0.1, 0.15) is 19.0 Å². The van der Waals surface area contributed by atoms with Gasteiger partial charge < -0.3 is 5.32 Å². The van der Waals surface area contributed by atoms with Crippen molar-refractivity contribution in [2.45, 2.75) is 19.9 Å². The van der Waals surface area contributed by atoms with E-state index in [9.17, 15) is 0 Å². The van der Waals surface area contributed by atoms with Crippen molar-refractivity contribution in [3.8, 4) is 5.69 Å². The summed E-state index contributed by atoms with van der Waals surface area (Å²) >= 11 is 0. The molecule has 2 aromatic heterocycles. The van der Waals surface area contributed by atoms with Crippen molar-refractivity contribution in [3.05, 3.63) is 30.6 Å². The molecule has 0 aliphatic rings. The topological polar surface area (TPSA) is 68.5 Å². The molecule has 6 nitrogen and oxygen atoms in total. The Balaban J connectivity index is 2.13. The van der Waals surface area contributed by atoms with Crippen LogP contribution in [0, 0.1) is 0 Å². The first-order valence-corrected chi connectivity index (χ1v) is 5.27. The van der Waals surface area contributed by atoms with Crippen LogP contribution in [0.4, 0.5) is 0 Å². The SMILES string of the molecule is CCCNCc1cnnn1-c1cncnc1. The minimum Gasteiger partial charge on any atom is -0.311 e. The van der Waals surface area contributed by atoms with Crippen LogP contribution in [-0.4, -0.2) is 31.5 Å². The quantitative estimate of drug-likeness (QED) is 0.742. The highest BCUT2D eigenvalue weighted by molar-refractivity contribution is 5.24. The fourth-order valence-corrected chi connectivity index (χ4v) is 1.39. The maximum atomic E-state index is 4.01. The van der Waals surface area contributed by atoms with Crippen molar-refractivity contribution >= 4 is 0 Å². The van der Waals surface area contributed by atoms with E-state index in [1.54, 1.807) is 23.3 Å². The molecule has 0 atom stereocenters. The Morgan fingerprint density at radius 3 is 2.81 bits per heavy atom. The molecule has 0 aliphatic carbocycles. The summed E-state index contributed by atoms with van der Waals surface area (Å²) < 4.78 is 1.74. The molecule has 0 unspecified atom stereocenters. The molecule has 2 rings (SSSR count). The fraction of sp³-hybridized carbons (Fsp3) is 0.400. The lowest BCUT2D eigenvalue weighted by Gasteiger charge is -2.05. The van der Waals surface area contributed by atoms with Gasteiger partial charge in [0.05, 0.1) is 24.3 Å². The molecule has 0 fully saturated rings. The summed E-state index contributed by atoms with van der Waals surface area (Å²) in [5, 5.41) is 11.2. The largest absolute Gasteiger partial charge is 0.311 e. The Morgan fingerprint density at radius 2 is 2.06 bits per heavy atom. The van der Waals surface area contributed by atoms with Crippen molar-refractivity contribution in [1.82, 2.24) is 30.3 Å². The highest BCUT2D eigenvalue weighted by atomic mass is 15.4. The van der Waals surface area contributed by atoms with Gasteiger partial charge in [0.1, 0.15) is 12.0 Å². The zero-order valence-corrected chi connectivity index (χ0v) is 9.17. The van der Waals surface area contributed by atoms with Gasteiger partial charge in [-0.1, -0.05) is 12.1 Å². The third kappa shape index (κ3) is 2.40. The Kier molecular flexibility index (Phi) is 3.55. The fourth-order valence-electron chi connectivity index (χ4n) is 1.39. The summed E-state index contributed by atoms with van der Waals surface area (Å²) in [6.07, 6.45) is 7.77. The van der Waals surface area contributed by atoms with Crippen molar-refractivity contribution in [2.75, 3.05) is 6.54 Å². The summed E-state index contributed by atoms with van der Waals surface area (Å²) in [6.45, 7) is 3.86. The summed E-state index contributed by atoms with van der Waals surface area (Å²) in [5.74, 6) is 0. The molecule has 16 heavy (non-hydrogen) atoms. The standard InChI is InChI=1S/C10H14N6/c1-2-3-11-4-10-7-14-15-16(10)9-5-12-8-13-6-9/h5-8,11H,2-4H2,1H3. The zero-order valence-electron chi connectivity index (χ0n) is 9.17. The molecular weight excluding hydrogens is 204 g/mol. The Morgan fingerprint density at radius 1 is 1.25 bits per heavy atom. The summed E-state index contributed by atoms with van der Waals surface area (Å²) in [5.41, 5.74) is 1.83. The third-order valence-corrected chi connectivity index (χ3v) is 2.14. The Labute approximate surface area is 93.7 Å². The van der Waals surface area contributed by atoms with Gasteiger partial charge in [0.15, 0.2) is 0 Å². The third-order valence-electron chi connectivity index (χ3n) is 2.14. The predicted octanol–water partition coefficient (Wildman–Crippen LogP) is 0.557. The molecule has 0 spiro atoms. The molecule has 2 aromatic rings. The number of aromatic nitrogens is 5. The first-order chi connectivity index (χ1) is 7.92. The Hall–Kier alpha value is -1.82. The van der Waals surface area contributed by atoms with E-state index in [0.717, 1.165) is 30.9 Å². The molecule has 0 aliphatic heterocycles. The van der Waals surface area contributed by atoms with Gasteiger partial charge in [-0.05, 0) is 13.0 Å². The van der Waals surface area contributed by atoms with E-state index in [0.29, 0.717) is 0 Å². The summed E-state index contributed by atoms with van der Waals surface area (Å²) in [6, 6.07) is 0. The van der Waals surface area contributed by atoms with E-state index in [2.05, 4.69) is 32.5 Å². The lowest BCUT2D eigenvalue weighted by atomic mass is 10.4. The van der Waals surface area contributed by atoms with Gasteiger partial charge in [-0.3, -0.25) is 0 Å². The van der Waals surface area contributed by atoms with E-state index in [4.69, 9.17) is 0 Å². The van der Waals surface area contributed by atoms with Gasteiger partial charge in [0.25, 0.3) is 0 Å². The minimum absolute atomic E-state index is 0.746. The van der Waals surface area contributed by atoms with Crippen LogP contribution in [0.2, 0.25) is 0 Å². The van der Waals surface area contributed by atoms with Crippen LogP contribution >= 0.6 is 0 Å². The van der Waals surface area contributed by atoms with E-state index in [1.165, 1.54) is 6.33 Å². The van der Waals surface area contributed by atoms with Crippen LogP contribution in [0.15, 0.2) is 24.9 Å². The second-order valence-corrected chi connectivity index (χ2v) is 3.41. The molecule has 0 amide bonds. The smallest absolute Gasteiger partial charge is 0.115 e. The van der Waals surface area contributed by atoms with Crippen LogP contribution in [0.25, 0.3) is 5.69 Å². The second kappa shape index (κ2) is 5.32. The summed E-state index contributed by atoms with van der Waals surface area (Å²) in [4.78, 5) is 7.92. The van der Waals surface area contributed by atoms with Gasteiger partial charge >= 0.3 is 0 Å². The minimum atomic E-state index is 0.746. The zero-order chi connectivity index (χ0) is 11.2. The van der Waals surface area contributed by atoms with E-state index in [-0.39, 0.29) is 0 Å². The lowest BCUT2D eigenvalue weighted by molar-refractivity contribution is 0.640. The predicted molar refractivity (Wildman–Crippen MR) is 58.9 cm³/mol. The van der Waals surface area contributed by atoms with E-state index < -0.39 is 0 Å². The molecule has 6 heteroatoms. The van der Waals surface area contributed by atoms with Crippen LogP contribution in [-0.2, 0) is 6.54 Å². The number of nitrogens with one attached hydrogen (secondary N) is 1. The van der Waals surface area contributed by atoms with Gasteiger partial charge in [-0.25, -0.2) is 14.6 Å². The molecular formula is C10H14N6. The molecule has 0 saturated heterocycles. The maximum absolute atomic E-state index is 4.01. The first-order valence-electron chi connectivity index (χ1n) is 5.27. The first kappa shape index (κ1) is 10.7. The molecule has 84 valence electrons. The molecule has 0 saturated carbocycles. The van der Waals surface area contributed by atoms with Crippen molar-refractivity contribution < 1.29 is 0 Å². The molecule has 2 heterocycles. The average molecular weight is 218 g/mol. The normalized spacial score (nSPS) is 10.6. The highest BCUT2D eigenvalue weighted by Gasteiger charge is 2.05. The van der Waals surface area contributed by atoms with Crippen molar-refractivity contribution in [1.29, 1.82) is 0 Å². The number of hydrogen-bond acceptors (Lipinski definition) is 5. The number of rotatable bonds is 5. The monoisotopic (exact) mass is 218 g/mol. The molecule has 0 bridgehead atoms. The average Bonchev–Trinajstić information content (AvgIpc) is 2.79. The molecule has 1 N–H and O–H groups in total. The van der Waals surface area contributed by atoms with Crippen LogP contribution in [0.5, 0.6) is 0 Å². The van der Waals surface area contributed by atoms with Crippen LogP contribution < -0.4 is 5.32 Å². The Bertz CT molecular complexity index is 424. The maximum Gasteiger partial charge on any atom is 0.115 e. The van der Waals surface area contributed by atoms with E-state index in [1.807, 2.05) is 0 Å². The van der Waals surface area contributed by atoms with Gasteiger partial charge in [0.2, 0.25) is 0 Å². The number of nitrogens with zero attached hydrogens (tertiary/aromatic N) is 5. The van der Waals surface area contributed by atoms with Gasteiger partial charge in [-0.15, -0.1) is 5.10 Å². The van der Waals surface area contributed by atoms with Gasteiger partial charge in [0, 0.05) is 6.54 Å². The molecule has 0 aromatic carbocycles. The second-order valence-electron chi connectivity index (χ2n) is 3.41.